The summed E-state index contributed by atoms with van der Waals surface area (Å²) in [5.41, 5.74) is 6.71. The van der Waals surface area contributed by atoms with Crippen LogP contribution < -0.4 is 16.2 Å². The summed E-state index contributed by atoms with van der Waals surface area (Å²) in [6.07, 6.45) is 3.77. The number of aromatic nitrogens is 3. The standard InChI is InChI=1S/C16H17N5O3/c17-13(23)8-3-5-21(6-4-8)16-19-14-12(15(24)20-16)9-1-2-11(22)10(9)7-18-14/h7-8H,1-6H2,(H2,17,23)(H,18,19,20,24). The van der Waals surface area contributed by atoms with Crippen LogP contribution in [0.15, 0.2) is 11.0 Å². The minimum absolute atomic E-state index is 0.0244. The van der Waals surface area contributed by atoms with Gasteiger partial charge in [0.15, 0.2) is 11.4 Å². The smallest absolute Gasteiger partial charge is 0.262 e. The van der Waals surface area contributed by atoms with Crippen LogP contribution in [0.2, 0.25) is 0 Å². The van der Waals surface area contributed by atoms with Gasteiger partial charge in [0, 0.05) is 37.2 Å². The zero-order valence-corrected chi connectivity index (χ0v) is 13.0. The van der Waals surface area contributed by atoms with E-state index in [2.05, 4.69) is 15.0 Å². The van der Waals surface area contributed by atoms with Crippen LogP contribution in [0.3, 0.4) is 0 Å². The highest BCUT2D eigenvalue weighted by atomic mass is 16.1. The number of nitrogens with zero attached hydrogens (tertiary/aromatic N) is 3. The molecule has 0 radical (unpaired) electrons. The number of carbonyl (C=O) groups is 2. The Kier molecular flexibility index (Phi) is 3.33. The molecule has 4 rings (SSSR count). The normalized spacial score (nSPS) is 18.2. The molecule has 1 saturated heterocycles. The topological polar surface area (TPSA) is 122 Å². The van der Waals surface area contributed by atoms with E-state index in [1.54, 1.807) is 0 Å². The number of pyridine rings is 1. The molecule has 0 spiro atoms. The lowest BCUT2D eigenvalue weighted by Crippen LogP contribution is -2.40. The van der Waals surface area contributed by atoms with Crippen LogP contribution in [0.25, 0.3) is 11.0 Å². The minimum atomic E-state index is -0.281. The number of anilines is 1. The van der Waals surface area contributed by atoms with E-state index in [-0.39, 0.29) is 23.2 Å². The second-order valence-corrected chi connectivity index (χ2v) is 6.33. The van der Waals surface area contributed by atoms with Gasteiger partial charge in [-0.3, -0.25) is 19.4 Å². The molecule has 0 bridgehead atoms. The van der Waals surface area contributed by atoms with Gasteiger partial charge in [0.25, 0.3) is 5.56 Å². The van der Waals surface area contributed by atoms with Gasteiger partial charge in [0.2, 0.25) is 11.9 Å². The molecule has 0 atom stereocenters. The first-order chi connectivity index (χ1) is 11.5. The van der Waals surface area contributed by atoms with Gasteiger partial charge in [-0.05, 0) is 24.8 Å². The van der Waals surface area contributed by atoms with E-state index in [9.17, 15) is 14.4 Å². The quantitative estimate of drug-likeness (QED) is 0.809. The Labute approximate surface area is 137 Å². The van der Waals surface area contributed by atoms with Crippen molar-refractivity contribution in [2.75, 3.05) is 18.0 Å². The second kappa shape index (κ2) is 5.40. The van der Waals surface area contributed by atoms with Crippen LogP contribution in [0.1, 0.15) is 35.2 Å². The number of carbonyl (C=O) groups excluding carboxylic acids is 2. The molecule has 3 heterocycles. The first-order valence-corrected chi connectivity index (χ1v) is 8.04. The molecule has 1 aliphatic carbocycles. The van der Waals surface area contributed by atoms with Crippen molar-refractivity contribution in [3.8, 4) is 0 Å². The van der Waals surface area contributed by atoms with Crippen LogP contribution in [0.5, 0.6) is 0 Å². The number of piperidine rings is 1. The number of hydrogen-bond acceptors (Lipinski definition) is 6. The molecule has 24 heavy (non-hydrogen) atoms. The highest BCUT2D eigenvalue weighted by Crippen LogP contribution is 2.27. The third-order valence-electron chi connectivity index (χ3n) is 4.93. The van der Waals surface area contributed by atoms with Crippen molar-refractivity contribution in [1.29, 1.82) is 0 Å². The number of primary amides is 1. The van der Waals surface area contributed by atoms with E-state index in [1.165, 1.54) is 6.20 Å². The average Bonchev–Trinajstić information content (AvgIpc) is 2.96. The Morgan fingerprint density at radius 2 is 2.00 bits per heavy atom. The monoisotopic (exact) mass is 327 g/mol. The van der Waals surface area contributed by atoms with E-state index in [1.807, 2.05) is 4.90 Å². The third-order valence-corrected chi connectivity index (χ3v) is 4.93. The molecule has 0 saturated carbocycles. The number of fused-ring (bicyclic) bond motifs is 3. The lowest BCUT2D eigenvalue weighted by Gasteiger charge is -2.30. The van der Waals surface area contributed by atoms with E-state index < -0.39 is 0 Å². The summed E-state index contributed by atoms with van der Waals surface area (Å²) < 4.78 is 0. The summed E-state index contributed by atoms with van der Waals surface area (Å²) >= 11 is 0. The van der Waals surface area contributed by atoms with E-state index in [4.69, 9.17) is 5.73 Å². The summed E-state index contributed by atoms with van der Waals surface area (Å²) in [6.45, 7) is 1.21. The lowest BCUT2D eigenvalue weighted by molar-refractivity contribution is -0.122. The number of hydrogen-bond donors (Lipinski definition) is 2. The maximum atomic E-state index is 12.5. The molecule has 1 aliphatic heterocycles. The maximum absolute atomic E-state index is 12.5. The number of aryl methyl sites for hydroxylation is 1. The summed E-state index contributed by atoms with van der Waals surface area (Å²) in [7, 11) is 0. The number of Topliss-reactive ketones (excluding diaryl/α,β-unsaturated/α-hetero) is 1. The Morgan fingerprint density at radius 1 is 1.25 bits per heavy atom. The largest absolute Gasteiger partial charge is 0.369 e. The average molecular weight is 327 g/mol. The van der Waals surface area contributed by atoms with E-state index in [0.717, 1.165) is 5.56 Å². The van der Waals surface area contributed by atoms with Crippen molar-refractivity contribution in [2.24, 2.45) is 11.7 Å². The van der Waals surface area contributed by atoms with E-state index >= 15 is 0 Å². The van der Waals surface area contributed by atoms with Gasteiger partial charge in [-0.1, -0.05) is 0 Å². The van der Waals surface area contributed by atoms with Crippen molar-refractivity contribution in [1.82, 2.24) is 15.0 Å². The molecule has 0 unspecified atom stereocenters. The molecular weight excluding hydrogens is 310 g/mol. The fourth-order valence-corrected chi connectivity index (χ4v) is 3.55. The highest BCUT2D eigenvalue weighted by molar-refractivity contribution is 6.04. The fourth-order valence-electron chi connectivity index (χ4n) is 3.55. The number of rotatable bonds is 2. The number of amides is 1. The van der Waals surface area contributed by atoms with Gasteiger partial charge in [-0.15, -0.1) is 0 Å². The lowest BCUT2D eigenvalue weighted by atomic mass is 9.96. The minimum Gasteiger partial charge on any atom is -0.369 e. The molecule has 2 aliphatic rings. The number of nitrogens with one attached hydrogen (secondary N) is 1. The number of aromatic amines is 1. The molecule has 124 valence electrons. The van der Waals surface area contributed by atoms with Crippen LogP contribution in [-0.4, -0.2) is 39.7 Å². The maximum Gasteiger partial charge on any atom is 0.262 e. The van der Waals surface area contributed by atoms with Gasteiger partial charge in [-0.2, -0.15) is 4.98 Å². The van der Waals surface area contributed by atoms with E-state index in [0.29, 0.717) is 61.3 Å². The predicted octanol–water partition coefficient (Wildman–Crippen LogP) is 0.149. The van der Waals surface area contributed by atoms with Crippen LogP contribution in [0.4, 0.5) is 5.95 Å². The van der Waals surface area contributed by atoms with Gasteiger partial charge >= 0.3 is 0 Å². The van der Waals surface area contributed by atoms with Crippen molar-refractivity contribution >= 4 is 28.7 Å². The summed E-state index contributed by atoms with van der Waals surface area (Å²) in [4.78, 5) is 49.0. The first-order valence-electron chi connectivity index (χ1n) is 8.04. The zero-order valence-electron chi connectivity index (χ0n) is 13.0. The van der Waals surface area contributed by atoms with Gasteiger partial charge in [-0.25, -0.2) is 4.98 Å². The Balaban J connectivity index is 1.71. The Morgan fingerprint density at radius 3 is 2.71 bits per heavy atom. The third kappa shape index (κ3) is 2.26. The molecule has 1 amide bonds. The van der Waals surface area contributed by atoms with Crippen molar-refractivity contribution < 1.29 is 9.59 Å². The highest BCUT2D eigenvalue weighted by Gasteiger charge is 2.27. The van der Waals surface area contributed by atoms with Crippen LogP contribution >= 0.6 is 0 Å². The number of nitrogens with two attached hydrogens (primary N) is 1. The molecule has 1 fully saturated rings. The molecule has 2 aromatic rings. The summed E-state index contributed by atoms with van der Waals surface area (Å²) in [5.74, 6) is 0.0703. The number of ketones is 1. The Bertz CT molecular complexity index is 912. The SMILES string of the molecule is NC(=O)C1CCN(c2nc3ncc4c(c3c(=O)[nH]2)CCC4=O)CC1. The second-order valence-electron chi connectivity index (χ2n) is 6.33. The first kappa shape index (κ1) is 14.8. The number of H-pyrrole nitrogens is 1. The Hall–Kier alpha value is -2.77. The van der Waals surface area contributed by atoms with Gasteiger partial charge in [0.1, 0.15) is 0 Å². The van der Waals surface area contributed by atoms with Crippen LogP contribution in [0, 0.1) is 5.92 Å². The van der Waals surface area contributed by atoms with Gasteiger partial charge < -0.3 is 10.6 Å². The molecule has 8 nitrogen and oxygen atoms in total. The van der Waals surface area contributed by atoms with Crippen LogP contribution in [-0.2, 0) is 11.2 Å². The van der Waals surface area contributed by atoms with Crippen molar-refractivity contribution in [3.63, 3.8) is 0 Å². The summed E-state index contributed by atoms with van der Waals surface area (Å²) in [5, 5.41) is 0.411. The molecule has 3 N–H and O–H groups in total. The fraction of sp³-hybridized carbons (Fsp3) is 0.438. The predicted molar refractivity (Wildman–Crippen MR) is 86.9 cm³/mol. The van der Waals surface area contributed by atoms with Gasteiger partial charge in [0.05, 0.1) is 5.39 Å². The zero-order chi connectivity index (χ0) is 16.8. The van der Waals surface area contributed by atoms with Crippen molar-refractivity contribution in [3.05, 3.63) is 27.7 Å². The molecular formula is C16H17N5O3. The molecule has 2 aromatic heterocycles. The summed E-state index contributed by atoms with van der Waals surface area (Å²) in [6, 6.07) is 0. The van der Waals surface area contributed by atoms with Crippen molar-refractivity contribution in [2.45, 2.75) is 25.7 Å². The molecule has 0 aromatic carbocycles. The molecule has 8 heteroatoms.